The number of aryl methyl sites for hydroxylation is 1. The number of rotatable bonds is 5. The number of carbonyl (C=O) groups is 1. The Labute approximate surface area is 162 Å². The van der Waals surface area contributed by atoms with E-state index in [-0.39, 0.29) is 17.6 Å². The van der Waals surface area contributed by atoms with Crippen LogP contribution in [0.15, 0.2) is 24.3 Å². The molecule has 2 saturated carbocycles. The van der Waals surface area contributed by atoms with Gasteiger partial charge in [0.15, 0.2) is 0 Å². The first-order chi connectivity index (χ1) is 12.9. The number of amides is 1. The smallest absolute Gasteiger partial charge is 0.223 e. The largest absolute Gasteiger partial charge is 0.353 e. The van der Waals surface area contributed by atoms with Crippen LogP contribution in [-0.4, -0.2) is 37.8 Å². The number of nitrogens with zero attached hydrogens (tertiary/aromatic N) is 1. The van der Waals surface area contributed by atoms with Crippen LogP contribution in [-0.2, 0) is 20.6 Å². The molecule has 148 valence electrons. The fraction of sp³-hybridized carbons (Fsp3) is 0.667. The Kier molecular flexibility index (Phi) is 5.30. The van der Waals surface area contributed by atoms with Gasteiger partial charge in [-0.3, -0.25) is 4.79 Å². The highest BCUT2D eigenvalue weighted by Gasteiger charge is 2.41. The van der Waals surface area contributed by atoms with Crippen LogP contribution in [0.3, 0.4) is 0 Å². The predicted octanol–water partition coefficient (Wildman–Crippen LogP) is 2.84. The molecule has 0 aromatic heterocycles. The highest BCUT2D eigenvalue weighted by atomic mass is 32.2. The number of piperidine rings is 1. The number of sulfonamides is 1. The minimum absolute atomic E-state index is 0.0370. The van der Waals surface area contributed by atoms with E-state index in [2.05, 4.69) is 5.32 Å². The lowest BCUT2D eigenvalue weighted by atomic mass is 9.93. The quantitative estimate of drug-likeness (QED) is 0.841. The molecule has 3 fully saturated rings. The summed E-state index contributed by atoms with van der Waals surface area (Å²) in [4.78, 5) is 12.6. The minimum atomic E-state index is -3.33. The van der Waals surface area contributed by atoms with Crippen molar-refractivity contribution in [1.29, 1.82) is 0 Å². The zero-order valence-electron chi connectivity index (χ0n) is 16.1. The third kappa shape index (κ3) is 4.21. The van der Waals surface area contributed by atoms with Gasteiger partial charge in [0.1, 0.15) is 0 Å². The standard InChI is InChI=1S/C21H30N2O3S/c1-15-2-4-16(5-3-15)14-27(25,26)23-10-8-18(9-11-23)21(24)22-20-13-17-6-7-19(20)12-17/h2-5,17-20H,6-14H2,1H3,(H,22,24)/t17-,19+,20+/m0/s1. The summed E-state index contributed by atoms with van der Waals surface area (Å²) >= 11 is 0. The highest BCUT2D eigenvalue weighted by molar-refractivity contribution is 7.88. The lowest BCUT2D eigenvalue weighted by molar-refractivity contribution is -0.127. The summed E-state index contributed by atoms with van der Waals surface area (Å²) in [6, 6.07) is 8.00. The Balaban J connectivity index is 1.29. The second-order valence-corrected chi connectivity index (χ2v) is 10.7. The van der Waals surface area contributed by atoms with Gasteiger partial charge in [0.25, 0.3) is 0 Å². The molecule has 1 aromatic carbocycles. The minimum Gasteiger partial charge on any atom is -0.353 e. The number of hydrogen-bond donors (Lipinski definition) is 1. The van der Waals surface area contributed by atoms with Gasteiger partial charge in [0, 0.05) is 25.0 Å². The highest BCUT2D eigenvalue weighted by Crippen LogP contribution is 2.44. The van der Waals surface area contributed by atoms with Crippen molar-refractivity contribution >= 4 is 15.9 Å². The van der Waals surface area contributed by atoms with E-state index in [9.17, 15) is 13.2 Å². The first-order valence-corrected chi connectivity index (χ1v) is 11.9. The molecule has 1 saturated heterocycles. The average molecular weight is 391 g/mol. The van der Waals surface area contributed by atoms with E-state index < -0.39 is 10.0 Å². The zero-order chi connectivity index (χ0) is 19.0. The molecule has 0 unspecified atom stereocenters. The Morgan fingerprint density at radius 1 is 1.07 bits per heavy atom. The van der Waals surface area contributed by atoms with Gasteiger partial charge >= 0.3 is 0 Å². The van der Waals surface area contributed by atoms with Gasteiger partial charge < -0.3 is 5.32 Å². The molecular weight excluding hydrogens is 360 g/mol. The predicted molar refractivity (Wildman–Crippen MR) is 105 cm³/mol. The van der Waals surface area contributed by atoms with Crippen molar-refractivity contribution in [1.82, 2.24) is 9.62 Å². The lowest BCUT2D eigenvalue weighted by Gasteiger charge is -2.32. The van der Waals surface area contributed by atoms with E-state index in [4.69, 9.17) is 0 Å². The van der Waals surface area contributed by atoms with Crippen molar-refractivity contribution in [3.8, 4) is 0 Å². The summed E-state index contributed by atoms with van der Waals surface area (Å²) in [5, 5.41) is 3.27. The first-order valence-electron chi connectivity index (χ1n) is 10.2. The Morgan fingerprint density at radius 3 is 2.37 bits per heavy atom. The summed E-state index contributed by atoms with van der Waals surface area (Å²) < 4.78 is 27.0. The van der Waals surface area contributed by atoms with E-state index >= 15 is 0 Å². The van der Waals surface area contributed by atoms with Crippen molar-refractivity contribution in [3.63, 3.8) is 0 Å². The molecule has 0 radical (unpaired) electrons. The summed E-state index contributed by atoms with van der Waals surface area (Å²) in [7, 11) is -3.33. The summed E-state index contributed by atoms with van der Waals surface area (Å²) in [5.41, 5.74) is 1.94. The van der Waals surface area contributed by atoms with E-state index in [1.165, 1.54) is 19.3 Å². The fourth-order valence-electron chi connectivity index (χ4n) is 5.10. The van der Waals surface area contributed by atoms with Crippen LogP contribution < -0.4 is 5.32 Å². The topological polar surface area (TPSA) is 66.5 Å². The van der Waals surface area contributed by atoms with Gasteiger partial charge in [-0.15, -0.1) is 0 Å². The van der Waals surface area contributed by atoms with Crippen molar-refractivity contribution in [2.75, 3.05) is 13.1 Å². The summed E-state index contributed by atoms with van der Waals surface area (Å²) in [6.45, 7) is 2.89. The Hall–Kier alpha value is -1.40. The summed E-state index contributed by atoms with van der Waals surface area (Å²) in [5.74, 6) is 1.62. The van der Waals surface area contributed by atoms with Crippen molar-refractivity contribution in [3.05, 3.63) is 35.4 Å². The van der Waals surface area contributed by atoms with Gasteiger partial charge in [-0.2, -0.15) is 0 Å². The van der Waals surface area contributed by atoms with Gasteiger partial charge in [0.05, 0.1) is 5.75 Å². The monoisotopic (exact) mass is 390 g/mol. The van der Waals surface area contributed by atoms with Gasteiger partial charge in [-0.05, 0) is 56.4 Å². The zero-order valence-corrected chi connectivity index (χ0v) is 16.9. The van der Waals surface area contributed by atoms with Crippen LogP contribution in [0.2, 0.25) is 0 Å². The van der Waals surface area contributed by atoms with Crippen LogP contribution in [0.25, 0.3) is 0 Å². The van der Waals surface area contributed by atoms with Crippen LogP contribution >= 0.6 is 0 Å². The molecule has 1 amide bonds. The number of hydrogen-bond acceptors (Lipinski definition) is 3. The molecule has 1 heterocycles. The second-order valence-electron chi connectivity index (χ2n) is 8.71. The maximum Gasteiger partial charge on any atom is 0.223 e. The number of fused-ring (bicyclic) bond motifs is 2. The molecule has 2 aliphatic carbocycles. The molecule has 6 heteroatoms. The molecule has 2 bridgehead atoms. The number of nitrogens with one attached hydrogen (secondary N) is 1. The molecule has 1 aliphatic heterocycles. The molecule has 0 spiro atoms. The normalized spacial score (nSPS) is 29.1. The third-order valence-electron chi connectivity index (χ3n) is 6.75. The maximum absolute atomic E-state index is 12.7. The molecule has 4 rings (SSSR count). The second kappa shape index (κ2) is 7.55. The maximum atomic E-state index is 12.7. The summed E-state index contributed by atoms with van der Waals surface area (Å²) in [6.07, 6.45) is 6.25. The van der Waals surface area contributed by atoms with E-state index in [1.54, 1.807) is 4.31 Å². The van der Waals surface area contributed by atoms with Crippen LogP contribution in [0.4, 0.5) is 0 Å². The van der Waals surface area contributed by atoms with Gasteiger partial charge in [-0.1, -0.05) is 36.2 Å². The molecule has 27 heavy (non-hydrogen) atoms. The van der Waals surface area contributed by atoms with Gasteiger partial charge in [0.2, 0.25) is 15.9 Å². The Morgan fingerprint density at radius 2 is 1.78 bits per heavy atom. The molecule has 1 aromatic rings. The molecule has 5 nitrogen and oxygen atoms in total. The van der Waals surface area contributed by atoms with Gasteiger partial charge in [-0.25, -0.2) is 12.7 Å². The number of carbonyl (C=O) groups excluding carboxylic acids is 1. The van der Waals surface area contributed by atoms with E-state index in [1.807, 2.05) is 31.2 Å². The molecule has 3 aliphatic rings. The lowest BCUT2D eigenvalue weighted by Crippen LogP contribution is -2.46. The van der Waals surface area contributed by atoms with Crippen molar-refractivity contribution in [2.45, 2.75) is 57.2 Å². The van der Waals surface area contributed by atoms with E-state index in [0.29, 0.717) is 37.9 Å². The van der Waals surface area contributed by atoms with Crippen LogP contribution in [0, 0.1) is 24.7 Å². The van der Waals surface area contributed by atoms with E-state index in [0.717, 1.165) is 23.5 Å². The van der Waals surface area contributed by atoms with Crippen molar-refractivity contribution < 1.29 is 13.2 Å². The molecule has 3 atom stereocenters. The average Bonchev–Trinajstić information content (AvgIpc) is 3.27. The third-order valence-corrected chi connectivity index (χ3v) is 8.60. The fourth-order valence-corrected chi connectivity index (χ4v) is 6.67. The van der Waals surface area contributed by atoms with Crippen molar-refractivity contribution in [2.24, 2.45) is 17.8 Å². The van der Waals surface area contributed by atoms with Crippen LogP contribution in [0.1, 0.15) is 49.7 Å². The first kappa shape index (κ1) is 18.9. The Bertz CT molecular complexity index is 782. The SMILES string of the molecule is Cc1ccc(CS(=O)(=O)N2CCC(C(=O)N[C@@H]3C[C@H]4CC[C@@H]3C4)CC2)cc1. The van der Waals surface area contributed by atoms with Crippen LogP contribution in [0.5, 0.6) is 0 Å². The number of benzene rings is 1. The molecular formula is C21H30N2O3S. The molecule has 1 N–H and O–H groups in total.